The number of ether oxygens (including phenoxy) is 1. The third-order valence-electron chi connectivity index (χ3n) is 4.52. The fraction of sp³-hybridized carbons (Fsp3) is 0.368. The summed E-state index contributed by atoms with van der Waals surface area (Å²) in [4.78, 5) is 20.4. The lowest BCUT2D eigenvalue weighted by Gasteiger charge is -2.23. The average molecular weight is 379 g/mol. The van der Waals surface area contributed by atoms with Crippen LogP contribution in [0.25, 0.3) is 0 Å². The number of alkyl halides is 3. The first kappa shape index (κ1) is 19.0. The van der Waals surface area contributed by atoms with Crippen molar-refractivity contribution in [1.29, 1.82) is 0 Å². The summed E-state index contributed by atoms with van der Waals surface area (Å²) in [5.74, 6) is 0.886. The molecule has 5 nitrogen and oxygen atoms in total. The van der Waals surface area contributed by atoms with Crippen molar-refractivity contribution in [3.8, 4) is 5.75 Å². The second-order valence-electron chi connectivity index (χ2n) is 6.24. The number of halogens is 3. The fourth-order valence-electron chi connectivity index (χ4n) is 3.08. The standard InChI is InChI=1S/C19H20F3N3O2/c1-27-16-6-3-2-5-15(16)18(26)25-10-4-9-24(11-12-25)17-8-7-14(13-23-17)19(20,21)22/h2-3,5-8,13H,4,9-12H2,1H3. The highest BCUT2D eigenvalue weighted by Gasteiger charge is 2.31. The van der Waals surface area contributed by atoms with Gasteiger partial charge in [-0.25, -0.2) is 4.98 Å². The molecule has 1 aromatic heterocycles. The molecular weight excluding hydrogens is 359 g/mol. The minimum absolute atomic E-state index is 0.116. The molecule has 1 aromatic carbocycles. The van der Waals surface area contributed by atoms with Crippen LogP contribution in [0.4, 0.5) is 19.0 Å². The van der Waals surface area contributed by atoms with E-state index in [1.807, 2.05) is 4.90 Å². The minimum Gasteiger partial charge on any atom is -0.496 e. The van der Waals surface area contributed by atoms with Crippen LogP contribution in [0.3, 0.4) is 0 Å². The lowest BCUT2D eigenvalue weighted by Crippen LogP contribution is -2.35. The number of carbonyl (C=O) groups is 1. The monoisotopic (exact) mass is 379 g/mol. The quantitative estimate of drug-likeness (QED) is 0.819. The van der Waals surface area contributed by atoms with Gasteiger partial charge >= 0.3 is 6.18 Å². The highest BCUT2D eigenvalue weighted by Crippen LogP contribution is 2.29. The Morgan fingerprint density at radius 3 is 2.52 bits per heavy atom. The van der Waals surface area contributed by atoms with E-state index in [0.29, 0.717) is 49.7 Å². The van der Waals surface area contributed by atoms with Crippen LogP contribution < -0.4 is 9.64 Å². The zero-order valence-corrected chi connectivity index (χ0v) is 14.9. The Kier molecular flexibility index (Phi) is 5.53. The number of rotatable bonds is 3. The number of anilines is 1. The molecule has 0 spiro atoms. The molecule has 1 saturated heterocycles. The Morgan fingerprint density at radius 1 is 1.07 bits per heavy atom. The van der Waals surface area contributed by atoms with Crippen molar-refractivity contribution < 1.29 is 22.7 Å². The van der Waals surface area contributed by atoms with Crippen molar-refractivity contribution in [2.24, 2.45) is 0 Å². The number of amides is 1. The van der Waals surface area contributed by atoms with Crippen LogP contribution in [-0.2, 0) is 6.18 Å². The van der Waals surface area contributed by atoms with Gasteiger partial charge in [-0.2, -0.15) is 13.2 Å². The molecule has 1 aliphatic heterocycles. The maximum Gasteiger partial charge on any atom is 0.417 e. The zero-order chi connectivity index (χ0) is 19.4. The van der Waals surface area contributed by atoms with Crippen LogP contribution in [0, 0.1) is 0 Å². The number of pyridine rings is 1. The lowest BCUT2D eigenvalue weighted by molar-refractivity contribution is -0.137. The van der Waals surface area contributed by atoms with Gasteiger partial charge in [0.05, 0.1) is 18.2 Å². The third-order valence-corrected chi connectivity index (χ3v) is 4.52. The van der Waals surface area contributed by atoms with Crippen molar-refractivity contribution in [3.05, 3.63) is 53.7 Å². The highest BCUT2D eigenvalue weighted by molar-refractivity contribution is 5.97. The van der Waals surface area contributed by atoms with Gasteiger partial charge in [0.15, 0.2) is 0 Å². The van der Waals surface area contributed by atoms with Crippen LogP contribution in [-0.4, -0.2) is 49.1 Å². The highest BCUT2D eigenvalue weighted by atomic mass is 19.4. The predicted octanol–water partition coefficient (Wildman–Crippen LogP) is 3.46. The first-order valence-corrected chi connectivity index (χ1v) is 8.60. The van der Waals surface area contributed by atoms with Crippen molar-refractivity contribution >= 4 is 11.7 Å². The van der Waals surface area contributed by atoms with Gasteiger partial charge in [-0.3, -0.25) is 4.79 Å². The summed E-state index contributed by atoms with van der Waals surface area (Å²) in [6.07, 6.45) is -2.86. The third kappa shape index (κ3) is 4.32. The van der Waals surface area contributed by atoms with Gasteiger partial charge in [-0.05, 0) is 30.7 Å². The van der Waals surface area contributed by atoms with E-state index in [-0.39, 0.29) is 5.91 Å². The molecule has 2 aromatic rings. The molecule has 27 heavy (non-hydrogen) atoms. The Bertz CT molecular complexity index is 794. The minimum atomic E-state index is -4.40. The number of carbonyl (C=O) groups excluding carboxylic acids is 1. The van der Waals surface area contributed by atoms with E-state index in [1.54, 1.807) is 29.2 Å². The second kappa shape index (κ2) is 7.85. The average Bonchev–Trinajstić information content (AvgIpc) is 2.93. The molecule has 0 bridgehead atoms. The SMILES string of the molecule is COc1ccccc1C(=O)N1CCCN(c2ccc(C(F)(F)F)cn2)CC1. The van der Waals surface area contributed by atoms with Crippen LogP contribution >= 0.6 is 0 Å². The summed E-state index contributed by atoms with van der Waals surface area (Å²) >= 11 is 0. The summed E-state index contributed by atoms with van der Waals surface area (Å²) in [7, 11) is 1.52. The number of methoxy groups -OCH3 is 1. The maximum atomic E-state index is 12.8. The van der Waals surface area contributed by atoms with Crippen molar-refractivity contribution in [2.45, 2.75) is 12.6 Å². The van der Waals surface area contributed by atoms with Gasteiger partial charge in [0.25, 0.3) is 5.91 Å². The molecule has 2 heterocycles. The number of aromatic nitrogens is 1. The second-order valence-corrected chi connectivity index (χ2v) is 6.24. The van der Waals surface area contributed by atoms with Crippen LogP contribution in [0.1, 0.15) is 22.3 Å². The Labute approximate surface area is 155 Å². The Balaban J connectivity index is 1.69. The zero-order valence-electron chi connectivity index (χ0n) is 14.9. The predicted molar refractivity (Wildman–Crippen MR) is 95.0 cm³/mol. The molecule has 0 radical (unpaired) electrons. The summed E-state index contributed by atoms with van der Waals surface area (Å²) < 4.78 is 43.3. The Morgan fingerprint density at radius 2 is 1.85 bits per heavy atom. The van der Waals surface area contributed by atoms with Gasteiger partial charge in [0.2, 0.25) is 0 Å². The molecule has 0 atom stereocenters. The summed E-state index contributed by atoms with van der Waals surface area (Å²) in [6.45, 7) is 2.14. The molecule has 144 valence electrons. The smallest absolute Gasteiger partial charge is 0.417 e. The van der Waals surface area contributed by atoms with Crippen molar-refractivity contribution in [3.63, 3.8) is 0 Å². The van der Waals surface area contributed by atoms with Crippen molar-refractivity contribution in [1.82, 2.24) is 9.88 Å². The molecule has 0 N–H and O–H groups in total. The van der Waals surface area contributed by atoms with E-state index < -0.39 is 11.7 Å². The normalized spacial score (nSPS) is 15.4. The number of hydrogen-bond donors (Lipinski definition) is 0. The van der Waals surface area contributed by atoms with Gasteiger partial charge in [-0.1, -0.05) is 12.1 Å². The van der Waals surface area contributed by atoms with Gasteiger partial charge in [0.1, 0.15) is 11.6 Å². The van der Waals surface area contributed by atoms with Gasteiger partial charge in [0, 0.05) is 32.4 Å². The summed E-state index contributed by atoms with van der Waals surface area (Å²) in [5.41, 5.74) is -0.268. The van der Waals surface area contributed by atoms with Crippen LogP contribution in [0.2, 0.25) is 0 Å². The van der Waals surface area contributed by atoms with E-state index in [4.69, 9.17) is 4.74 Å². The molecule has 0 unspecified atom stereocenters. The number of nitrogens with zero attached hydrogens (tertiary/aromatic N) is 3. The molecule has 1 amide bonds. The number of para-hydroxylation sites is 1. The first-order chi connectivity index (χ1) is 12.9. The molecule has 1 aliphatic rings. The summed E-state index contributed by atoms with van der Waals surface area (Å²) in [5, 5.41) is 0. The van der Waals surface area contributed by atoms with Gasteiger partial charge in [-0.15, -0.1) is 0 Å². The Hall–Kier alpha value is -2.77. The number of benzene rings is 1. The fourth-order valence-corrected chi connectivity index (χ4v) is 3.08. The van der Waals surface area contributed by atoms with Crippen LogP contribution in [0.15, 0.2) is 42.6 Å². The molecule has 0 aliphatic carbocycles. The number of hydrogen-bond acceptors (Lipinski definition) is 4. The molecule has 0 saturated carbocycles. The van der Waals surface area contributed by atoms with E-state index in [2.05, 4.69) is 4.98 Å². The van der Waals surface area contributed by atoms with Crippen molar-refractivity contribution in [2.75, 3.05) is 38.2 Å². The topological polar surface area (TPSA) is 45.7 Å². The van der Waals surface area contributed by atoms with Gasteiger partial charge < -0.3 is 14.5 Å². The van der Waals surface area contributed by atoms with E-state index in [1.165, 1.54) is 13.2 Å². The molecular formula is C19H20F3N3O2. The first-order valence-electron chi connectivity index (χ1n) is 8.60. The van der Waals surface area contributed by atoms with E-state index >= 15 is 0 Å². The largest absolute Gasteiger partial charge is 0.496 e. The van der Waals surface area contributed by atoms with E-state index in [9.17, 15) is 18.0 Å². The molecule has 1 fully saturated rings. The lowest BCUT2D eigenvalue weighted by atomic mass is 10.1. The summed E-state index contributed by atoms with van der Waals surface area (Å²) in [6, 6.07) is 9.46. The molecule has 3 rings (SSSR count). The van der Waals surface area contributed by atoms with E-state index in [0.717, 1.165) is 12.3 Å². The maximum absolute atomic E-state index is 12.8. The van der Waals surface area contributed by atoms with Crippen LogP contribution in [0.5, 0.6) is 5.75 Å². The molecule has 8 heteroatoms.